The number of carbonyl (C=O) groups excluding carboxylic acids is 1. The van der Waals surface area contributed by atoms with E-state index in [4.69, 9.17) is 9.47 Å². The van der Waals surface area contributed by atoms with Crippen molar-refractivity contribution >= 4 is 17.6 Å². The molecule has 2 N–H and O–H groups in total. The topological polar surface area (TPSA) is 101 Å². The molecule has 2 aromatic carbocycles. The van der Waals surface area contributed by atoms with Gasteiger partial charge >= 0.3 is 0 Å². The van der Waals surface area contributed by atoms with E-state index < -0.39 is 11.1 Å². The summed E-state index contributed by atoms with van der Waals surface area (Å²) in [6.07, 6.45) is 2.99. The molecular weight excluding hydrogens is 480 g/mol. The second kappa shape index (κ2) is 11.8. The second-order valence-electron chi connectivity index (χ2n) is 10.9. The lowest BCUT2D eigenvalue weighted by Gasteiger charge is -2.22. The molecule has 2 aromatic rings. The van der Waals surface area contributed by atoms with E-state index in [1.165, 1.54) is 0 Å². The Kier molecular flexibility index (Phi) is 8.68. The van der Waals surface area contributed by atoms with Crippen LogP contribution in [0.1, 0.15) is 74.6 Å². The van der Waals surface area contributed by atoms with Gasteiger partial charge in [0, 0.05) is 25.7 Å². The first-order chi connectivity index (χ1) is 18.2. The summed E-state index contributed by atoms with van der Waals surface area (Å²) in [5.74, 6) is 1.01. The van der Waals surface area contributed by atoms with Crippen molar-refractivity contribution in [2.45, 2.75) is 76.3 Å². The zero-order chi connectivity index (χ0) is 27.3. The zero-order valence-corrected chi connectivity index (χ0v) is 22.9. The van der Waals surface area contributed by atoms with E-state index in [0.29, 0.717) is 37.9 Å². The number of aliphatic imine (C=N–C) groups is 2. The van der Waals surface area contributed by atoms with Crippen LogP contribution in [0.4, 0.5) is 0 Å². The third-order valence-electron chi connectivity index (χ3n) is 8.05. The summed E-state index contributed by atoms with van der Waals surface area (Å²) < 4.78 is 10.9. The van der Waals surface area contributed by atoms with Gasteiger partial charge in [-0.3, -0.25) is 4.79 Å². The number of hydrogen-bond donors (Lipinski definition) is 2. The molecule has 0 amide bonds. The number of carbonyl (C=O) groups is 1. The first-order valence-electron chi connectivity index (χ1n) is 13.5. The maximum atomic E-state index is 13.3. The average molecular weight is 521 g/mol. The van der Waals surface area contributed by atoms with Gasteiger partial charge in [0.05, 0.1) is 13.2 Å². The number of rotatable bonds is 12. The largest absolute Gasteiger partial charge is 0.479 e. The van der Waals surface area contributed by atoms with Crippen molar-refractivity contribution in [3.63, 3.8) is 0 Å². The monoisotopic (exact) mass is 520 g/mol. The number of Topliss-reactive ketones (excluding diaryl/α,β-unsaturated/α-hetero) is 1. The SMILES string of the molecule is CC1=NC(CO)(CCc2ccc(C(C)C(=O)C(C)c3ccc(CCC4(CO)COC(C)=N4)cc3)cc2)CO1. The zero-order valence-electron chi connectivity index (χ0n) is 22.9. The predicted molar refractivity (Wildman–Crippen MR) is 149 cm³/mol. The van der Waals surface area contributed by atoms with E-state index >= 15 is 0 Å². The van der Waals surface area contributed by atoms with E-state index in [1.54, 1.807) is 0 Å². The molecule has 0 spiro atoms. The van der Waals surface area contributed by atoms with Crippen molar-refractivity contribution in [3.05, 3.63) is 70.8 Å². The van der Waals surface area contributed by atoms with E-state index in [1.807, 2.05) is 52.0 Å². The summed E-state index contributed by atoms with van der Waals surface area (Å²) in [5, 5.41) is 19.6. The molecule has 0 fully saturated rings. The molecule has 4 rings (SSSR count). The van der Waals surface area contributed by atoms with E-state index in [0.717, 1.165) is 35.1 Å². The molecule has 2 heterocycles. The van der Waals surface area contributed by atoms with Crippen LogP contribution in [0, 0.1) is 0 Å². The van der Waals surface area contributed by atoms with Gasteiger partial charge in [-0.25, -0.2) is 9.98 Å². The third-order valence-corrected chi connectivity index (χ3v) is 8.05. The Hall–Kier alpha value is -3.03. The predicted octanol–water partition coefficient (Wildman–Crippen LogP) is 4.39. The Morgan fingerprint density at radius 2 is 1.13 bits per heavy atom. The summed E-state index contributed by atoms with van der Waals surface area (Å²) in [5.41, 5.74) is 3.21. The Balaban J connectivity index is 1.32. The second-order valence-corrected chi connectivity index (χ2v) is 10.9. The minimum atomic E-state index is -0.546. The Morgan fingerprint density at radius 1 is 0.763 bits per heavy atom. The van der Waals surface area contributed by atoms with E-state index in [-0.39, 0.29) is 30.8 Å². The van der Waals surface area contributed by atoms with Crippen LogP contribution in [0.15, 0.2) is 58.5 Å². The maximum Gasteiger partial charge on any atom is 0.180 e. The number of hydrogen-bond acceptors (Lipinski definition) is 7. The fourth-order valence-electron chi connectivity index (χ4n) is 5.25. The van der Waals surface area contributed by atoms with Gasteiger partial charge < -0.3 is 19.7 Å². The molecule has 7 heteroatoms. The first-order valence-corrected chi connectivity index (χ1v) is 13.5. The fraction of sp³-hybridized carbons (Fsp3) is 0.516. The van der Waals surface area contributed by atoms with Gasteiger partial charge in [-0.05, 0) is 47.9 Å². The van der Waals surface area contributed by atoms with Gasteiger partial charge in [0.15, 0.2) is 11.8 Å². The molecular formula is C31H40N2O5. The number of ether oxygens (including phenoxy) is 2. The molecule has 0 aromatic heterocycles. The lowest BCUT2D eigenvalue weighted by molar-refractivity contribution is -0.121. The van der Waals surface area contributed by atoms with Crippen LogP contribution in [-0.2, 0) is 27.1 Å². The number of benzene rings is 2. The van der Waals surface area contributed by atoms with Crippen molar-refractivity contribution in [3.8, 4) is 0 Å². The average Bonchev–Trinajstić information content (AvgIpc) is 3.52. The van der Waals surface area contributed by atoms with E-state index in [9.17, 15) is 15.0 Å². The minimum absolute atomic E-state index is 0.0283. The number of nitrogens with zero attached hydrogens (tertiary/aromatic N) is 2. The van der Waals surface area contributed by atoms with Crippen molar-refractivity contribution < 1.29 is 24.5 Å². The van der Waals surface area contributed by atoms with Crippen molar-refractivity contribution in [2.24, 2.45) is 9.98 Å². The normalized spacial score (nSPS) is 24.3. The third kappa shape index (κ3) is 6.33. The molecule has 204 valence electrons. The molecule has 0 aliphatic carbocycles. The summed E-state index contributed by atoms with van der Waals surface area (Å²) in [6.45, 7) is 8.36. The molecule has 38 heavy (non-hydrogen) atoms. The van der Waals surface area contributed by atoms with Crippen LogP contribution >= 0.6 is 0 Å². The highest BCUT2D eigenvalue weighted by atomic mass is 16.5. The van der Waals surface area contributed by atoms with Gasteiger partial charge in [-0.1, -0.05) is 62.4 Å². The highest BCUT2D eigenvalue weighted by Gasteiger charge is 2.35. The van der Waals surface area contributed by atoms with Crippen molar-refractivity contribution in [1.82, 2.24) is 0 Å². The number of aliphatic hydroxyl groups excluding tert-OH is 2. The Bertz CT molecular complexity index is 1080. The molecule has 2 aliphatic heterocycles. The van der Waals surface area contributed by atoms with Gasteiger partial charge in [0.1, 0.15) is 30.1 Å². The number of aryl methyl sites for hydroxylation is 2. The van der Waals surface area contributed by atoms with Crippen LogP contribution < -0.4 is 0 Å². The summed E-state index contributed by atoms with van der Waals surface area (Å²) in [7, 11) is 0. The highest BCUT2D eigenvalue weighted by Crippen LogP contribution is 2.29. The molecule has 0 bridgehead atoms. The molecule has 4 unspecified atom stereocenters. The molecule has 0 saturated carbocycles. The summed E-state index contributed by atoms with van der Waals surface area (Å²) >= 11 is 0. The van der Waals surface area contributed by atoms with Crippen LogP contribution in [0.25, 0.3) is 0 Å². The summed E-state index contributed by atoms with van der Waals surface area (Å²) in [4.78, 5) is 22.3. The summed E-state index contributed by atoms with van der Waals surface area (Å²) in [6, 6.07) is 16.4. The van der Waals surface area contributed by atoms with E-state index in [2.05, 4.69) is 34.3 Å². The van der Waals surface area contributed by atoms with Gasteiger partial charge in [0.2, 0.25) is 0 Å². The highest BCUT2D eigenvalue weighted by molar-refractivity contribution is 5.91. The quantitative estimate of drug-likeness (QED) is 0.432. The fourth-order valence-corrected chi connectivity index (χ4v) is 5.25. The minimum Gasteiger partial charge on any atom is -0.479 e. The Morgan fingerprint density at radius 3 is 1.42 bits per heavy atom. The number of ketones is 1. The van der Waals surface area contributed by atoms with Gasteiger partial charge in [-0.2, -0.15) is 0 Å². The van der Waals surface area contributed by atoms with Gasteiger partial charge in [0.25, 0.3) is 0 Å². The smallest absolute Gasteiger partial charge is 0.180 e. The molecule has 7 nitrogen and oxygen atoms in total. The van der Waals surface area contributed by atoms with Crippen LogP contribution in [0.3, 0.4) is 0 Å². The van der Waals surface area contributed by atoms with Crippen molar-refractivity contribution in [1.29, 1.82) is 0 Å². The standard InChI is InChI=1S/C31H40N2O5/c1-21(27-9-5-25(6-10-27)13-15-30(17-34)19-37-23(3)32-30)29(36)22(2)28-11-7-26(8-12-28)14-16-31(18-35)20-38-24(4)33-31/h5-12,21-22,34-35H,13-20H2,1-4H3. The van der Waals surface area contributed by atoms with Crippen LogP contribution in [0.5, 0.6) is 0 Å². The van der Waals surface area contributed by atoms with Gasteiger partial charge in [-0.15, -0.1) is 0 Å². The lowest BCUT2D eigenvalue weighted by Crippen LogP contribution is -2.33. The number of aliphatic hydroxyl groups is 2. The first kappa shape index (κ1) is 28.0. The molecule has 2 aliphatic rings. The molecule has 4 atom stereocenters. The van der Waals surface area contributed by atoms with Crippen molar-refractivity contribution in [2.75, 3.05) is 26.4 Å². The molecule has 0 radical (unpaired) electrons. The lowest BCUT2D eigenvalue weighted by atomic mass is 9.84. The maximum absolute atomic E-state index is 13.3. The van der Waals surface area contributed by atoms with Crippen LogP contribution in [0.2, 0.25) is 0 Å². The Labute approximate surface area is 225 Å². The van der Waals surface area contributed by atoms with Crippen LogP contribution in [-0.4, -0.2) is 65.3 Å². The molecule has 0 saturated heterocycles.